The highest BCUT2D eigenvalue weighted by molar-refractivity contribution is 7.98. The summed E-state index contributed by atoms with van der Waals surface area (Å²) < 4.78 is 5.60. The van der Waals surface area contributed by atoms with E-state index in [9.17, 15) is 4.79 Å². The van der Waals surface area contributed by atoms with Crippen molar-refractivity contribution in [3.05, 3.63) is 42.2 Å². The number of benzene rings is 1. The summed E-state index contributed by atoms with van der Waals surface area (Å²) in [5.74, 6) is 1.53. The molecule has 0 radical (unpaired) electrons. The first kappa shape index (κ1) is 21.1. The summed E-state index contributed by atoms with van der Waals surface area (Å²) in [5, 5.41) is 0.903. The summed E-state index contributed by atoms with van der Waals surface area (Å²) in [4.78, 5) is 34.1. The van der Waals surface area contributed by atoms with E-state index in [2.05, 4.69) is 39.1 Å². The number of hydrogen-bond donors (Lipinski definition) is 1. The molecule has 1 N–H and O–H groups in total. The Morgan fingerprint density at radius 1 is 1.16 bits per heavy atom. The zero-order valence-corrected chi connectivity index (χ0v) is 19.4. The molecule has 0 aliphatic carbocycles. The largest absolute Gasteiger partial charge is 0.444 e. The fourth-order valence-corrected chi connectivity index (χ4v) is 5.38. The summed E-state index contributed by atoms with van der Waals surface area (Å²) in [6.07, 6.45) is 3.46. The Kier molecular flexibility index (Phi) is 5.44. The van der Waals surface area contributed by atoms with Crippen LogP contribution < -0.4 is 4.90 Å². The van der Waals surface area contributed by atoms with Gasteiger partial charge in [0, 0.05) is 18.8 Å². The highest BCUT2D eigenvalue weighted by Crippen LogP contribution is 2.36. The van der Waals surface area contributed by atoms with Gasteiger partial charge in [0.2, 0.25) is 5.95 Å². The van der Waals surface area contributed by atoms with E-state index < -0.39 is 5.60 Å². The van der Waals surface area contributed by atoms with Gasteiger partial charge in [0.05, 0.1) is 18.4 Å². The molecule has 32 heavy (non-hydrogen) atoms. The molecule has 1 aromatic carbocycles. The van der Waals surface area contributed by atoms with Crippen LogP contribution in [0.2, 0.25) is 0 Å². The van der Waals surface area contributed by atoms with Crippen molar-refractivity contribution < 1.29 is 9.53 Å². The number of fused-ring (bicyclic) bond motifs is 3. The molecule has 0 spiro atoms. The van der Waals surface area contributed by atoms with Crippen LogP contribution in [0.3, 0.4) is 0 Å². The van der Waals surface area contributed by atoms with E-state index in [-0.39, 0.29) is 18.2 Å². The van der Waals surface area contributed by atoms with Gasteiger partial charge < -0.3 is 19.5 Å². The summed E-state index contributed by atoms with van der Waals surface area (Å²) in [7, 11) is 0. The number of likely N-dealkylation sites (tertiary alicyclic amines) is 1. The van der Waals surface area contributed by atoms with E-state index in [4.69, 9.17) is 14.7 Å². The number of H-pyrrole nitrogens is 1. The molecular weight excluding hydrogens is 424 g/mol. The van der Waals surface area contributed by atoms with Crippen LogP contribution in [0.15, 0.2) is 41.7 Å². The van der Waals surface area contributed by atoms with Crippen molar-refractivity contribution in [1.82, 2.24) is 24.8 Å². The maximum Gasteiger partial charge on any atom is 0.410 e. The molecule has 2 unspecified atom stereocenters. The van der Waals surface area contributed by atoms with Crippen LogP contribution in [-0.2, 0) is 10.5 Å². The minimum Gasteiger partial charge on any atom is -0.444 e. The molecule has 4 heterocycles. The second-order valence-corrected chi connectivity index (χ2v) is 10.3. The molecule has 0 saturated carbocycles. The predicted octanol–water partition coefficient (Wildman–Crippen LogP) is 4.23. The van der Waals surface area contributed by atoms with Gasteiger partial charge in [-0.05, 0) is 39.2 Å². The van der Waals surface area contributed by atoms with Gasteiger partial charge in [-0.2, -0.15) is 4.98 Å². The van der Waals surface area contributed by atoms with E-state index in [0.717, 1.165) is 29.1 Å². The number of piperazine rings is 1. The Bertz CT molecular complexity index is 1100. The van der Waals surface area contributed by atoms with Crippen molar-refractivity contribution in [3.63, 3.8) is 0 Å². The number of aromatic amines is 1. The number of nitrogens with zero attached hydrogens (tertiary/aromatic N) is 5. The fourth-order valence-electron chi connectivity index (χ4n) is 4.45. The molecule has 2 bridgehead atoms. The van der Waals surface area contributed by atoms with Crippen molar-refractivity contribution in [1.29, 1.82) is 0 Å². The molecule has 5 rings (SSSR count). The van der Waals surface area contributed by atoms with E-state index in [0.29, 0.717) is 24.7 Å². The number of amides is 1. The number of nitrogens with one attached hydrogen (secondary N) is 1. The lowest BCUT2D eigenvalue weighted by Crippen LogP contribution is -2.56. The van der Waals surface area contributed by atoms with Crippen molar-refractivity contribution in [3.8, 4) is 0 Å². The smallest absolute Gasteiger partial charge is 0.410 e. The van der Waals surface area contributed by atoms with Crippen LogP contribution in [0.5, 0.6) is 0 Å². The van der Waals surface area contributed by atoms with Crippen LogP contribution >= 0.6 is 11.8 Å². The SMILES string of the molecule is CC(C)(C)OC(=O)N1CC2CCC(C1)N2c1nc(SCc2ccccc2)c2[nH]cnc2n1. The highest BCUT2D eigenvalue weighted by Gasteiger charge is 2.44. The molecule has 8 nitrogen and oxygen atoms in total. The molecule has 2 saturated heterocycles. The molecule has 2 aromatic heterocycles. The number of carbonyl (C=O) groups is 1. The van der Waals surface area contributed by atoms with E-state index in [1.807, 2.05) is 31.7 Å². The lowest BCUT2D eigenvalue weighted by Gasteiger charge is -2.41. The number of carbonyl (C=O) groups excluding carboxylic acids is 1. The third-order valence-electron chi connectivity index (χ3n) is 5.82. The molecule has 2 aliphatic heterocycles. The van der Waals surface area contributed by atoms with Crippen LogP contribution in [0.1, 0.15) is 39.2 Å². The Balaban J connectivity index is 1.38. The zero-order valence-electron chi connectivity index (χ0n) is 18.6. The van der Waals surface area contributed by atoms with Gasteiger partial charge in [-0.3, -0.25) is 0 Å². The van der Waals surface area contributed by atoms with Crippen molar-refractivity contribution in [2.45, 2.75) is 62.1 Å². The minimum absolute atomic E-state index is 0.185. The summed E-state index contributed by atoms with van der Waals surface area (Å²) in [6.45, 7) is 6.95. The lowest BCUT2D eigenvalue weighted by molar-refractivity contribution is 0.0208. The predicted molar refractivity (Wildman–Crippen MR) is 125 cm³/mol. The van der Waals surface area contributed by atoms with Crippen molar-refractivity contribution in [2.75, 3.05) is 18.0 Å². The van der Waals surface area contributed by atoms with Gasteiger partial charge in [-0.1, -0.05) is 42.1 Å². The molecule has 168 valence electrons. The molecule has 2 aliphatic rings. The molecular formula is C23H28N6O2S. The molecule has 1 amide bonds. The number of hydrogen-bond acceptors (Lipinski definition) is 7. The maximum absolute atomic E-state index is 12.6. The van der Waals surface area contributed by atoms with Gasteiger partial charge in [0.1, 0.15) is 16.1 Å². The summed E-state index contributed by atoms with van der Waals surface area (Å²) in [6, 6.07) is 10.7. The topological polar surface area (TPSA) is 87.2 Å². The normalized spacial score (nSPS) is 20.7. The number of imidazole rings is 1. The number of anilines is 1. The Hall–Kier alpha value is -2.81. The minimum atomic E-state index is -0.494. The standard InChI is InChI=1S/C23H28N6O2S/c1-23(2,3)31-22(30)28-11-16-9-10-17(12-28)29(16)21-26-19-18(24-14-25-19)20(27-21)32-13-15-7-5-4-6-8-15/h4-8,14,16-17H,9-13H2,1-3H3,(H,24,25,26,27). The third-order valence-corrected chi connectivity index (χ3v) is 6.87. The molecule has 9 heteroatoms. The number of thioether (sulfide) groups is 1. The van der Waals surface area contributed by atoms with Gasteiger partial charge in [-0.15, -0.1) is 0 Å². The molecule has 3 aromatic rings. The van der Waals surface area contributed by atoms with E-state index >= 15 is 0 Å². The Morgan fingerprint density at radius 2 is 1.88 bits per heavy atom. The van der Waals surface area contributed by atoms with E-state index in [1.54, 1.807) is 18.1 Å². The second kappa shape index (κ2) is 8.27. The van der Waals surface area contributed by atoms with Crippen molar-refractivity contribution in [2.24, 2.45) is 0 Å². The van der Waals surface area contributed by atoms with Crippen LogP contribution in [-0.4, -0.2) is 61.7 Å². The lowest BCUT2D eigenvalue weighted by atomic mass is 10.2. The molecule has 2 fully saturated rings. The average Bonchev–Trinajstić information content (AvgIpc) is 3.33. The van der Waals surface area contributed by atoms with Gasteiger partial charge in [0.25, 0.3) is 0 Å². The van der Waals surface area contributed by atoms with Gasteiger partial charge in [0.15, 0.2) is 5.65 Å². The fraction of sp³-hybridized carbons (Fsp3) is 0.478. The molecule has 2 atom stereocenters. The van der Waals surface area contributed by atoms with Crippen LogP contribution in [0, 0.1) is 0 Å². The number of ether oxygens (including phenoxy) is 1. The first-order valence-electron chi connectivity index (χ1n) is 11.0. The Morgan fingerprint density at radius 3 is 2.56 bits per heavy atom. The summed E-state index contributed by atoms with van der Waals surface area (Å²) >= 11 is 1.69. The van der Waals surface area contributed by atoms with Crippen LogP contribution in [0.25, 0.3) is 11.2 Å². The second-order valence-electron chi connectivity index (χ2n) is 9.38. The number of rotatable bonds is 4. The highest BCUT2D eigenvalue weighted by atomic mass is 32.2. The zero-order chi connectivity index (χ0) is 22.3. The monoisotopic (exact) mass is 452 g/mol. The van der Waals surface area contributed by atoms with Gasteiger partial charge in [-0.25, -0.2) is 14.8 Å². The number of aromatic nitrogens is 4. The van der Waals surface area contributed by atoms with Gasteiger partial charge >= 0.3 is 6.09 Å². The maximum atomic E-state index is 12.6. The first-order valence-corrected chi connectivity index (χ1v) is 12.0. The van der Waals surface area contributed by atoms with E-state index in [1.165, 1.54) is 5.56 Å². The summed E-state index contributed by atoms with van der Waals surface area (Å²) in [5.41, 5.74) is 2.30. The van der Waals surface area contributed by atoms with Crippen molar-refractivity contribution >= 4 is 35.0 Å². The quantitative estimate of drug-likeness (QED) is 0.468. The van der Waals surface area contributed by atoms with Crippen LogP contribution in [0.4, 0.5) is 10.7 Å². The average molecular weight is 453 g/mol. The third kappa shape index (κ3) is 4.26. The Labute approximate surface area is 191 Å². The first-order chi connectivity index (χ1) is 15.4.